The minimum absolute atomic E-state index is 0.114. The summed E-state index contributed by atoms with van der Waals surface area (Å²) >= 11 is 0. The lowest BCUT2D eigenvalue weighted by Crippen LogP contribution is -2.45. The minimum Gasteiger partial charge on any atom is -0.367 e. The summed E-state index contributed by atoms with van der Waals surface area (Å²) in [5.74, 6) is -0.693. The quantitative estimate of drug-likeness (QED) is 0.835. The number of aromatic nitrogens is 1. The highest BCUT2D eigenvalue weighted by molar-refractivity contribution is 5.92. The summed E-state index contributed by atoms with van der Waals surface area (Å²) in [4.78, 5) is 30.9. The molecule has 0 radical (unpaired) electrons. The van der Waals surface area contributed by atoms with Crippen LogP contribution in [0.5, 0.6) is 0 Å². The molecule has 2 heterocycles. The van der Waals surface area contributed by atoms with Crippen LogP contribution in [0.3, 0.4) is 0 Å². The number of halogens is 1. The van der Waals surface area contributed by atoms with E-state index in [1.54, 1.807) is 35.4 Å². The molecule has 0 saturated carbocycles. The van der Waals surface area contributed by atoms with Crippen molar-refractivity contribution in [1.82, 2.24) is 15.2 Å². The van der Waals surface area contributed by atoms with Gasteiger partial charge in [-0.05, 0) is 18.2 Å². The summed E-state index contributed by atoms with van der Waals surface area (Å²) in [5.41, 5.74) is 1.63. The summed E-state index contributed by atoms with van der Waals surface area (Å²) in [6.45, 7) is 2.93. The molecule has 1 aliphatic rings. The predicted octanol–water partition coefficient (Wildman–Crippen LogP) is 1.43. The minimum atomic E-state index is -0.347. The van der Waals surface area contributed by atoms with Crippen LogP contribution >= 0.6 is 0 Å². The van der Waals surface area contributed by atoms with Gasteiger partial charge in [-0.2, -0.15) is 0 Å². The average molecular weight is 342 g/mol. The Morgan fingerprint density at radius 2 is 1.92 bits per heavy atom. The highest BCUT2D eigenvalue weighted by Gasteiger charge is 2.16. The maximum atomic E-state index is 13.6. The topological polar surface area (TPSA) is 65.5 Å². The highest BCUT2D eigenvalue weighted by atomic mass is 19.1. The summed E-state index contributed by atoms with van der Waals surface area (Å²) in [7, 11) is 0. The van der Waals surface area contributed by atoms with E-state index in [0.29, 0.717) is 18.7 Å². The first-order chi connectivity index (χ1) is 12.2. The number of anilines is 1. The largest absolute Gasteiger partial charge is 0.367 e. The van der Waals surface area contributed by atoms with Crippen molar-refractivity contribution < 1.29 is 14.0 Å². The third-order valence-corrected chi connectivity index (χ3v) is 4.21. The van der Waals surface area contributed by atoms with Crippen molar-refractivity contribution in [3.63, 3.8) is 0 Å². The van der Waals surface area contributed by atoms with Crippen molar-refractivity contribution >= 4 is 18.0 Å². The van der Waals surface area contributed by atoms with Crippen molar-refractivity contribution in [2.45, 2.75) is 6.54 Å². The van der Waals surface area contributed by atoms with Gasteiger partial charge in [-0.15, -0.1) is 0 Å². The molecule has 0 atom stereocenters. The van der Waals surface area contributed by atoms with Gasteiger partial charge >= 0.3 is 0 Å². The first kappa shape index (κ1) is 16.9. The molecule has 0 spiro atoms. The number of amides is 2. The number of carbonyl (C=O) groups excluding carboxylic acids is 2. The molecule has 130 valence electrons. The second-order valence-corrected chi connectivity index (χ2v) is 5.80. The molecule has 7 heteroatoms. The van der Waals surface area contributed by atoms with Gasteiger partial charge in [0.25, 0.3) is 5.91 Å². The zero-order valence-corrected chi connectivity index (χ0v) is 13.7. The van der Waals surface area contributed by atoms with Gasteiger partial charge in [0, 0.05) is 38.3 Å². The van der Waals surface area contributed by atoms with Gasteiger partial charge in [-0.3, -0.25) is 9.59 Å². The Bertz CT molecular complexity index is 743. The number of benzene rings is 1. The van der Waals surface area contributed by atoms with Gasteiger partial charge in [-0.1, -0.05) is 18.2 Å². The van der Waals surface area contributed by atoms with Crippen LogP contribution in [0.25, 0.3) is 0 Å². The van der Waals surface area contributed by atoms with Crippen LogP contribution in [0.2, 0.25) is 0 Å². The van der Waals surface area contributed by atoms with Crippen molar-refractivity contribution in [2.24, 2.45) is 0 Å². The lowest BCUT2D eigenvalue weighted by atomic mass is 10.2. The number of pyridine rings is 1. The van der Waals surface area contributed by atoms with Gasteiger partial charge in [0.1, 0.15) is 11.5 Å². The Morgan fingerprint density at radius 3 is 2.56 bits per heavy atom. The SMILES string of the molecule is O=CN1CCN(c2ccc(C(=O)NCc3ccccc3F)nc2)CC1. The van der Waals surface area contributed by atoms with Crippen molar-refractivity contribution in [1.29, 1.82) is 0 Å². The van der Waals surface area contributed by atoms with E-state index < -0.39 is 0 Å². The summed E-state index contributed by atoms with van der Waals surface area (Å²) in [6.07, 6.45) is 2.51. The molecule has 3 rings (SSSR count). The van der Waals surface area contributed by atoms with E-state index in [4.69, 9.17) is 0 Å². The first-order valence-electron chi connectivity index (χ1n) is 8.09. The molecule has 25 heavy (non-hydrogen) atoms. The Hall–Kier alpha value is -2.96. The van der Waals surface area contributed by atoms with Crippen LogP contribution in [0.15, 0.2) is 42.6 Å². The van der Waals surface area contributed by atoms with Crippen LogP contribution in [0.4, 0.5) is 10.1 Å². The number of hydrogen-bond donors (Lipinski definition) is 1. The molecule has 1 aliphatic heterocycles. The Labute approximate surface area is 145 Å². The van der Waals surface area contributed by atoms with E-state index in [2.05, 4.69) is 15.2 Å². The highest BCUT2D eigenvalue weighted by Crippen LogP contribution is 2.15. The second-order valence-electron chi connectivity index (χ2n) is 5.80. The van der Waals surface area contributed by atoms with Crippen LogP contribution in [-0.4, -0.2) is 48.4 Å². The molecule has 2 aromatic rings. The zero-order chi connectivity index (χ0) is 17.6. The maximum absolute atomic E-state index is 13.6. The second kappa shape index (κ2) is 7.74. The predicted molar refractivity (Wildman–Crippen MR) is 91.7 cm³/mol. The average Bonchev–Trinajstić information content (AvgIpc) is 2.67. The lowest BCUT2D eigenvalue weighted by Gasteiger charge is -2.33. The molecule has 0 aliphatic carbocycles. The lowest BCUT2D eigenvalue weighted by molar-refractivity contribution is -0.118. The van der Waals surface area contributed by atoms with Crippen molar-refractivity contribution in [2.75, 3.05) is 31.1 Å². The number of rotatable bonds is 5. The van der Waals surface area contributed by atoms with Crippen LogP contribution in [0, 0.1) is 5.82 Å². The maximum Gasteiger partial charge on any atom is 0.270 e. The van der Waals surface area contributed by atoms with E-state index in [-0.39, 0.29) is 24.0 Å². The van der Waals surface area contributed by atoms with E-state index in [1.807, 2.05) is 6.07 Å². The van der Waals surface area contributed by atoms with Gasteiger partial charge in [-0.25, -0.2) is 9.37 Å². The fourth-order valence-corrected chi connectivity index (χ4v) is 2.70. The number of nitrogens with one attached hydrogen (secondary N) is 1. The van der Waals surface area contributed by atoms with Crippen molar-refractivity contribution in [3.05, 3.63) is 59.7 Å². The van der Waals surface area contributed by atoms with Gasteiger partial charge in [0.15, 0.2) is 0 Å². The zero-order valence-electron chi connectivity index (χ0n) is 13.7. The monoisotopic (exact) mass is 342 g/mol. The van der Waals surface area contributed by atoms with Gasteiger partial charge in [0.2, 0.25) is 6.41 Å². The summed E-state index contributed by atoms with van der Waals surface area (Å²) < 4.78 is 13.6. The molecule has 1 saturated heterocycles. The Kier molecular flexibility index (Phi) is 5.23. The number of carbonyl (C=O) groups is 2. The van der Waals surface area contributed by atoms with E-state index >= 15 is 0 Å². The van der Waals surface area contributed by atoms with Gasteiger partial charge < -0.3 is 15.1 Å². The van der Waals surface area contributed by atoms with E-state index in [9.17, 15) is 14.0 Å². The third-order valence-electron chi connectivity index (χ3n) is 4.21. The molecule has 1 fully saturated rings. The van der Waals surface area contributed by atoms with Crippen LogP contribution < -0.4 is 10.2 Å². The van der Waals surface area contributed by atoms with E-state index in [0.717, 1.165) is 25.2 Å². The molecule has 2 amide bonds. The summed E-state index contributed by atoms with van der Waals surface area (Å²) in [6, 6.07) is 9.81. The fraction of sp³-hybridized carbons (Fsp3) is 0.278. The Morgan fingerprint density at radius 1 is 1.16 bits per heavy atom. The molecule has 1 N–H and O–H groups in total. The molecular weight excluding hydrogens is 323 g/mol. The first-order valence-corrected chi connectivity index (χ1v) is 8.09. The number of hydrogen-bond acceptors (Lipinski definition) is 4. The van der Waals surface area contributed by atoms with Gasteiger partial charge in [0.05, 0.1) is 11.9 Å². The Balaban J connectivity index is 1.57. The van der Waals surface area contributed by atoms with Crippen LogP contribution in [0.1, 0.15) is 16.1 Å². The number of piperazine rings is 1. The summed E-state index contributed by atoms with van der Waals surface area (Å²) in [5, 5.41) is 2.67. The molecule has 0 bridgehead atoms. The molecule has 6 nitrogen and oxygen atoms in total. The number of nitrogens with zero attached hydrogens (tertiary/aromatic N) is 3. The fourth-order valence-electron chi connectivity index (χ4n) is 2.70. The third kappa shape index (κ3) is 4.12. The molecule has 1 aromatic heterocycles. The molecular formula is C18H19FN4O2. The smallest absolute Gasteiger partial charge is 0.270 e. The molecule has 0 unspecified atom stereocenters. The van der Waals surface area contributed by atoms with Crippen LogP contribution in [-0.2, 0) is 11.3 Å². The molecule has 1 aromatic carbocycles. The van der Waals surface area contributed by atoms with E-state index in [1.165, 1.54) is 6.07 Å². The van der Waals surface area contributed by atoms with Crippen molar-refractivity contribution in [3.8, 4) is 0 Å². The normalized spacial score (nSPS) is 14.3. The standard InChI is InChI=1S/C18H19FN4O2/c19-16-4-2-1-3-14(16)11-21-18(25)17-6-5-15(12-20-17)23-9-7-22(13-24)8-10-23/h1-6,12-13H,7-11H2,(H,21,25).